The second kappa shape index (κ2) is 4.39. The van der Waals surface area contributed by atoms with Crippen molar-refractivity contribution < 1.29 is 14.6 Å². The molecule has 1 aromatic carbocycles. The highest BCUT2D eigenvalue weighted by Gasteiger charge is 2.19. The van der Waals surface area contributed by atoms with Crippen molar-refractivity contribution in [1.82, 2.24) is 0 Å². The Labute approximate surface area is 82.0 Å². The molecule has 0 amide bonds. The third kappa shape index (κ3) is 2.02. The molecule has 0 saturated heterocycles. The van der Waals surface area contributed by atoms with Crippen LogP contribution in [-0.4, -0.2) is 16.3 Å². The van der Waals surface area contributed by atoms with E-state index in [0.29, 0.717) is 6.42 Å². The highest BCUT2D eigenvalue weighted by atomic mass is 19.1. The normalized spacial score (nSPS) is 15.1. The molecule has 4 heteroatoms. The molecule has 4 N–H and O–H groups in total. The molecule has 0 heterocycles. The first kappa shape index (κ1) is 10.9. The Bertz CT molecular complexity index is 317. The van der Waals surface area contributed by atoms with Crippen molar-refractivity contribution in [3.8, 4) is 5.75 Å². The highest BCUT2D eigenvalue weighted by Crippen LogP contribution is 2.27. The number of phenols is 1. The fourth-order valence-corrected chi connectivity index (χ4v) is 1.26. The SMILES string of the molecule is CC[C@H](O)[C@H](N)c1cccc(F)c1O. The summed E-state index contributed by atoms with van der Waals surface area (Å²) in [5.41, 5.74) is 5.88. The van der Waals surface area contributed by atoms with Crippen LogP contribution in [0.2, 0.25) is 0 Å². The lowest BCUT2D eigenvalue weighted by molar-refractivity contribution is 0.139. The van der Waals surface area contributed by atoms with Crippen LogP contribution >= 0.6 is 0 Å². The Morgan fingerprint density at radius 1 is 1.50 bits per heavy atom. The summed E-state index contributed by atoms with van der Waals surface area (Å²) in [4.78, 5) is 0. The molecule has 0 aliphatic rings. The molecular weight excluding hydrogens is 185 g/mol. The second-order valence-electron chi connectivity index (χ2n) is 3.18. The molecular formula is C10H14FNO2. The van der Waals surface area contributed by atoms with E-state index >= 15 is 0 Å². The van der Waals surface area contributed by atoms with E-state index < -0.39 is 23.7 Å². The van der Waals surface area contributed by atoms with Gasteiger partial charge in [0.25, 0.3) is 0 Å². The zero-order valence-electron chi connectivity index (χ0n) is 7.94. The number of hydrogen-bond donors (Lipinski definition) is 3. The lowest BCUT2D eigenvalue weighted by atomic mass is 9.99. The van der Waals surface area contributed by atoms with Crippen molar-refractivity contribution in [2.24, 2.45) is 5.73 Å². The van der Waals surface area contributed by atoms with Gasteiger partial charge in [-0.2, -0.15) is 0 Å². The van der Waals surface area contributed by atoms with Crippen LogP contribution in [0.25, 0.3) is 0 Å². The Hall–Kier alpha value is -1.13. The fourth-order valence-electron chi connectivity index (χ4n) is 1.26. The number of hydrogen-bond acceptors (Lipinski definition) is 3. The summed E-state index contributed by atoms with van der Waals surface area (Å²) in [7, 11) is 0. The van der Waals surface area contributed by atoms with Crippen LogP contribution in [0, 0.1) is 5.82 Å². The summed E-state index contributed by atoms with van der Waals surface area (Å²) in [5.74, 6) is -1.20. The number of nitrogens with two attached hydrogens (primary N) is 1. The molecule has 0 saturated carbocycles. The van der Waals surface area contributed by atoms with Crippen molar-refractivity contribution in [1.29, 1.82) is 0 Å². The zero-order valence-corrected chi connectivity index (χ0v) is 7.94. The minimum absolute atomic E-state index is 0.236. The van der Waals surface area contributed by atoms with Crippen molar-refractivity contribution in [2.45, 2.75) is 25.5 Å². The van der Waals surface area contributed by atoms with E-state index in [1.54, 1.807) is 6.92 Å². The summed E-state index contributed by atoms with van der Waals surface area (Å²) in [6.45, 7) is 1.76. The maximum absolute atomic E-state index is 12.9. The van der Waals surface area contributed by atoms with Crippen LogP contribution in [0.5, 0.6) is 5.75 Å². The number of aliphatic hydroxyl groups excluding tert-OH is 1. The second-order valence-corrected chi connectivity index (χ2v) is 3.18. The van der Waals surface area contributed by atoms with Gasteiger partial charge in [0.1, 0.15) is 0 Å². The fraction of sp³-hybridized carbons (Fsp3) is 0.400. The van der Waals surface area contributed by atoms with E-state index in [4.69, 9.17) is 5.73 Å². The molecule has 0 fully saturated rings. The minimum Gasteiger partial charge on any atom is -0.505 e. The summed E-state index contributed by atoms with van der Waals surface area (Å²) >= 11 is 0. The van der Waals surface area contributed by atoms with E-state index in [1.807, 2.05) is 0 Å². The van der Waals surface area contributed by atoms with Gasteiger partial charge in [0.15, 0.2) is 11.6 Å². The number of halogens is 1. The summed E-state index contributed by atoms with van der Waals surface area (Å²) < 4.78 is 12.9. The maximum Gasteiger partial charge on any atom is 0.165 e. The molecule has 0 aliphatic carbocycles. The van der Waals surface area contributed by atoms with E-state index in [1.165, 1.54) is 12.1 Å². The van der Waals surface area contributed by atoms with Gasteiger partial charge in [0.2, 0.25) is 0 Å². The van der Waals surface area contributed by atoms with Crippen molar-refractivity contribution in [3.63, 3.8) is 0 Å². The molecule has 0 radical (unpaired) electrons. The van der Waals surface area contributed by atoms with Gasteiger partial charge in [-0.25, -0.2) is 4.39 Å². The van der Waals surface area contributed by atoms with Crippen molar-refractivity contribution in [3.05, 3.63) is 29.6 Å². The van der Waals surface area contributed by atoms with Gasteiger partial charge in [-0.1, -0.05) is 19.1 Å². The van der Waals surface area contributed by atoms with Crippen LogP contribution in [0.1, 0.15) is 24.9 Å². The first-order valence-corrected chi connectivity index (χ1v) is 4.49. The largest absolute Gasteiger partial charge is 0.505 e. The molecule has 3 nitrogen and oxygen atoms in total. The third-order valence-corrected chi connectivity index (χ3v) is 2.21. The number of phenolic OH excluding ortho intramolecular Hbond substituents is 1. The van der Waals surface area contributed by atoms with Crippen molar-refractivity contribution >= 4 is 0 Å². The Morgan fingerprint density at radius 3 is 2.71 bits per heavy atom. The van der Waals surface area contributed by atoms with E-state index in [-0.39, 0.29) is 5.56 Å². The van der Waals surface area contributed by atoms with Gasteiger partial charge < -0.3 is 15.9 Å². The highest BCUT2D eigenvalue weighted by molar-refractivity contribution is 5.36. The molecule has 1 rings (SSSR count). The molecule has 0 spiro atoms. The molecule has 14 heavy (non-hydrogen) atoms. The monoisotopic (exact) mass is 199 g/mol. The molecule has 0 bridgehead atoms. The molecule has 2 atom stereocenters. The number of rotatable bonds is 3. The predicted octanol–water partition coefficient (Wildman–Crippen LogP) is 1.30. The van der Waals surface area contributed by atoms with Crippen LogP contribution in [-0.2, 0) is 0 Å². The van der Waals surface area contributed by atoms with Gasteiger partial charge in [-0.3, -0.25) is 0 Å². The summed E-state index contributed by atoms with van der Waals surface area (Å²) in [5, 5.41) is 18.8. The van der Waals surface area contributed by atoms with E-state index in [9.17, 15) is 14.6 Å². The summed E-state index contributed by atoms with van der Waals surface area (Å²) in [6, 6.07) is 3.34. The third-order valence-electron chi connectivity index (χ3n) is 2.21. The molecule has 78 valence electrons. The first-order chi connectivity index (χ1) is 6.57. The average molecular weight is 199 g/mol. The average Bonchev–Trinajstić information content (AvgIpc) is 2.20. The van der Waals surface area contributed by atoms with Gasteiger partial charge >= 0.3 is 0 Å². The van der Waals surface area contributed by atoms with Crippen molar-refractivity contribution in [2.75, 3.05) is 0 Å². The maximum atomic E-state index is 12.9. The molecule has 0 unspecified atom stereocenters. The Morgan fingerprint density at radius 2 is 2.14 bits per heavy atom. The standard InChI is InChI=1S/C10H14FNO2/c1-2-8(13)9(12)6-4-3-5-7(11)10(6)14/h3-5,8-9,13-14H,2,12H2,1H3/t8-,9+/m0/s1. The Kier molecular flexibility index (Phi) is 3.43. The Balaban J connectivity index is 3.01. The van der Waals surface area contributed by atoms with Gasteiger partial charge in [-0.05, 0) is 12.5 Å². The first-order valence-electron chi connectivity index (χ1n) is 4.49. The number of aromatic hydroxyl groups is 1. The zero-order chi connectivity index (χ0) is 10.7. The van der Waals surface area contributed by atoms with Crippen LogP contribution in [0.3, 0.4) is 0 Å². The number of para-hydroxylation sites is 1. The van der Waals surface area contributed by atoms with Gasteiger partial charge in [-0.15, -0.1) is 0 Å². The lowest BCUT2D eigenvalue weighted by Gasteiger charge is -2.18. The number of benzene rings is 1. The molecule has 1 aromatic rings. The predicted molar refractivity (Wildman–Crippen MR) is 51.3 cm³/mol. The lowest BCUT2D eigenvalue weighted by Crippen LogP contribution is -2.25. The van der Waals surface area contributed by atoms with Crippen LogP contribution in [0.15, 0.2) is 18.2 Å². The quantitative estimate of drug-likeness (QED) is 0.687. The number of aliphatic hydroxyl groups is 1. The van der Waals surface area contributed by atoms with Gasteiger partial charge in [0.05, 0.1) is 12.1 Å². The van der Waals surface area contributed by atoms with Crippen LogP contribution < -0.4 is 5.73 Å². The van der Waals surface area contributed by atoms with Crippen LogP contribution in [0.4, 0.5) is 4.39 Å². The minimum atomic E-state index is -0.775. The van der Waals surface area contributed by atoms with E-state index in [0.717, 1.165) is 6.07 Å². The molecule has 0 aliphatic heterocycles. The smallest absolute Gasteiger partial charge is 0.165 e. The topological polar surface area (TPSA) is 66.5 Å². The van der Waals surface area contributed by atoms with Gasteiger partial charge in [0, 0.05) is 5.56 Å². The molecule has 0 aromatic heterocycles. The summed E-state index contributed by atoms with van der Waals surface area (Å²) in [6.07, 6.45) is -0.320. The van der Waals surface area contributed by atoms with E-state index in [2.05, 4.69) is 0 Å².